The van der Waals surface area contributed by atoms with E-state index in [-0.39, 0.29) is 5.69 Å². The van der Waals surface area contributed by atoms with Crippen LogP contribution in [0.4, 0.5) is 11.4 Å². The fourth-order valence-electron chi connectivity index (χ4n) is 3.56. The molecule has 0 unspecified atom stereocenters. The molecule has 4 aromatic rings. The van der Waals surface area contributed by atoms with Crippen molar-refractivity contribution in [2.45, 2.75) is 20.3 Å². The summed E-state index contributed by atoms with van der Waals surface area (Å²) in [7, 11) is 0. The van der Waals surface area contributed by atoms with Crippen molar-refractivity contribution in [1.29, 1.82) is 0 Å². The van der Waals surface area contributed by atoms with Crippen molar-refractivity contribution in [3.8, 4) is 0 Å². The molecule has 3 amide bonds. The lowest BCUT2D eigenvalue weighted by Crippen LogP contribution is -2.36. The molecule has 0 saturated carbocycles. The molecule has 0 bridgehead atoms. The number of halogens is 2. The number of aromatic nitrogens is 1. The number of hydrogen-bond donors (Lipinski definition) is 3. The maximum absolute atomic E-state index is 13.2. The predicted octanol–water partition coefficient (Wildman–Crippen LogP) is 5.89. The molecule has 0 fully saturated rings. The molecule has 3 aromatic carbocycles. The number of nitrogens with one attached hydrogen (secondary N) is 3. The van der Waals surface area contributed by atoms with E-state index in [1.165, 1.54) is 4.68 Å². The average molecular weight is 554 g/mol. The molecule has 0 atom stereocenters. The van der Waals surface area contributed by atoms with Gasteiger partial charge in [0, 0.05) is 26.3 Å². The Balaban J connectivity index is 1.60. The third-order valence-electron chi connectivity index (χ3n) is 5.45. The monoisotopic (exact) mass is 552 g/mol. The molecule has 0 saturated heterocycles. The summed E-state index contributed by atoms with van der Waals surface area (Å²) in [6, 6.07) is 19.2. The summed E-state index contributed by atoms with van der Waals surface area (Å²) in [5.41, 5.74) is 6.33. The number of nitrogens with zero attached hydrogens (tertiary/aromatic N) is 1. The summed E-state index contributed by atoms with van der Waals surface area (Å²) in [6.45, 7) is 3.94. The molecule has 9 heteroatoms. The summed E-state index contributed by atoms with van der Waals surface area (Å²) in [5.74, 6) is -2.25. The highest BCUT2D eigenvalue weighted by molar-refractivity contribution is 9.10. The molecule has 4 rings (SSSR count). The summed E-state index contributed by atoms with van der Waals surface area (Å²) in [6.07, 6.45) is 0.865. The smallest absolute Gasteiger partial charge is 0.321 e. The van der Waals surface area contributed by atoms with Gasteiger partial charge < -0.3 is 10.6 Å². The number of benzene rings is 3. The summed E-state index contributed by atoms with van der Waals surface area (Å²) < 4.78 is 2.20. The minimum Gasteiger partial charge on any atom is -0.321 e. The third kappa shape index (κ3) is 5.55. The van der Waals surface area contributed by atoms with Crippen molar-refractivity contribution < 1.29 is 14.4 Å². The summed E-state index contributed by atoms with van der Waals surface area (Å²) in [5, 5.41) is 6.51. The first-order valence-corrected chi connectivity index (χ1v) is 12.0. The fourth-order valence-corrected chi connectivity index (χ4v) is 3.98. The molecule has 178 valence electrons. The fraction of sp³-hybridized carbons (Fsp3) is 0.115. The number of carbonyl (C=O) groups is 3. The lowest BCUT2D eigenvalue weighted by Gasteiger charge is -2.13. The van der Waals surface area contributed by atoms with E-state index in [0.29, 0.717) is 27.3 Å². The van der Waals surface area contributed by atoms with E-state index in [1.807, 2.05) is 38.1 Å². The van der Waals surface area contributed by atoms with Crippen LogP contribution in [0, 0.1) is 6.92 Å². The average Bonchev–Trinajstić information content (AvgIpc) is 3.19. The van der Waals surface area contributed by atoms with Gasteiger partial charge in [0.1, 0.15) is 5.69 Å². The summed E-state index contributed by atoms with van der Waals surface area (Å²) in [4.78, 5) is 38.5. The van der Waals surface area contributed by atoms with E-state index in [9.17, 15) is 14.4 Å². The maximum Gasteiger partial charge on any atom is 0.328 e. The van der Waals surface area contributed by atoms with Crippen molar-refractivity contribution in [3.05, 3.63) is 93.0 Å². The normalized spacial score (nSPS) is 10.7. The van der Waals surface area contributed by atoms with Crippen LogP contribution in [-0.4, -0.2) is 22.4 Å². The Labute approximate surface area is 215 Å². The maximum atomic E-state index is 13.2. The number of anilines is 2. The van der Waals surface area contributed by atoms with Gasteiger partial charge in [0.05, 0.1) is 5.52 Å². The van der Waals surface area contributed by atoms with E-state index in [1.54, 1.807) is 42.5 Å². The summed E-state index contributed by atoms with van der Waals surface area (Å²) >= 11 is 9.56. The van der Waals surface area contributed by atoms with Gasteiger partial charge in [0.15, 0.2) is 0 Å². The molecular formula is C26H22BrClN4O3. The van der Waals surface area contributed by atoms with E-state index in [2.05, 4.69) is 32.0 Å². The van der Waals surface area contributed by atoms with Crippen LogP contribution in [-0.2, 0) is 16.0 Å². The molecule has 0 radical (unpaired) electrons. The van der Waals surface area contributed by atoms with Gasteiger partial charge >= 0.3 is 11.8 Å². The number of rotatable bonds is 5. The highest BCUT2D eigenvalue weighted by Crippen LogP contribution is 2.25. The molecule has 0 spiro atoms. The van der Waals surface area contributed by atoms with Gasteiger partial charge in [-0.05, 0) is 79.1 Å². The Bertz CT molecular complexity index is 1450. The highest BCUT2D eigenvalue weighted by Gasteiger charge is 2.21. The van der Waals surface area contributed by atoms with Gasteiger partial charge in [0.2, 0.25) is 0 Å². The second-order valence-electron chi connectivity index (χ2n) is 7.93. The van der Waals surface area contributed by atoms with Crippen LogP contribution in [0.2, 0.25) is 5.02 Å². The van der Waals surface area contributed by atoms with Crippen LogP contribution < -0.4 is 16.1 Å². The number of hydrogen-bond acceptors (Lipinski definition) is 3. The minimum absolute atomic E-state index is 0.135. The van der Waals surface area contributed by atoms with E-state index in [4.69, 9.17) is 11.6 Å². The third-order valence-corrected chi connectivity index (χ3v) is 6.58. The number of amides is 3. The van der Waals surface area contributed by atoms with Gasteiger partial charge in [-0.2, -0.15) is 0 Å². The zero-order valence-corrected chi connectivity index (χ0v) is 21.3. The molecule has 0 aliphatic rings. The Kier molecular flexibility index (Phi) is 7.23. The quantitative estimate of drug-likeness (QED) is 0.269. The molecule has 1 aromatic heterocycles. The predicted molar refractivity (Wildman–Crippen MR) is 143 cm³/mol. The Morgan fingerprint density at radius 1 is 0.886 bits per heavy atom. The number of fused-ring (bicyclic) bond motifs is 1. The van der Waals surface area contributed by atoms with Gasteiger partial charge in [-0.1, -0.05) is 46.6 Å². The Morgan fingerprint density at radius 3 is 2.29 bits per heavy atom. The molecule has 7 nitrogen and oxygen atoms in total. The van der Waals surface area contributed by atoms with Crippen molar-refractivity contribution in [2.24, 2.45) is 0 Å². The first kappa shape index (κ1) is 24.5. The van der Waals surface area contributed by atoms with Crippen LogP contribution in [0.25, 0.3) is 10.9 Å². The Morgan fingerprint density at radius 2 is 1.60 bits per heavy atom. The topological polar surface area (TPSA) is 92.2 Å². The van der Waals surface area contributed by atoms with Crippen molar-refractivity contribution in [3.63, 3.8) is 0 Å². The van der Waals surface area contributed by atoms with Gasteiger partial charge in [0.25, 0.3) is 5.91 Å². The standard InChI is InChI=1S/C26H22BrClN4O3/c1-3-16-4-7-19(8-5-16)29-25(34)26(35)31-32-22-11-6-18(28)13-17(22)14-23(32)24(33)30-20-9-10-21(27)15(2)12-20/h4-14H,3H2,1-2H3,(H,29,34)(H,30,33)(H,31,35). The van der Waals surface area contributed by atoms with Crippen LogP contribution >= 0.6 is 27.5 Å². The molecule has 3 N–H and O–H groups in total. The molecule has 0 aliphatic carbocycles. The second kappa shape index (κ2) is 10.3. The van der Waals surface area contributed by atoms with Gasteiger partial charge in [-0.3, -0.25) is 19.8 Å². The van der Waals surface area contributed by atoms with Crippen LogP contribution in [0.3, 0.4) is 0 Å². The van der Waals surface area contributed by atoms with E-state index in [0.717, 1.165) is 22.0 Å². The highest BCUT2D eigenvalue weighted by atomic mass is 79.9. The number of carbonyl (C=O) groups excluding carboxylic acids is 3. The minimum atomic E-state index is -0.925. The van der Waals surface area contributed by atoms with Crippen LogP contribution in [0.1, 0.15) is 28.5 Å². The first-order chi connectivity index (χ1) is 16.7. The lowest BCUT2D eigenvalue weighted by molar-refractivity contribution is -0.133. The molecule has 1 heterocycles. The van der Waals surface area contributed by atoms with Gasteiger partial charge in [-0.15, -0.1) is 0 Å². The van der Waals surface area contributed by atoms with Crippen LogP contribution in [0.5, 0.6) is 0 Å². The van der Waals surface area contributed by atoms with Crippen LogP contribution in [0.15, 0.2) is 71.2 Å². The zero-order chi connectivity index (χ0) is 25.1. The SMILES string of the molecule is CCc1ccc(NC(=O)C(=O)Nn2c(C(=O)Nc3ccc(Br)c(C)c3)cc3cc(Cl)ccc32)cc1. The van der Waals surface area contributed by atoms with Crippen molar-refractivity contribution in [1.82, 2.24) is 4.68 Å². The lowest BCUT2D eigenvalue weighted by atomic mass is 10.1. The second-order valence-corrected chi connectivity index (χ2v) is 9.22. The van der Waals surface area contributed by atoms with E-state index >= 15 is 0 Å². The molecular weight excluding hydrogens is 532 g/mol. The van der Waals surface area contributed by atoms with Gasteiger partial charge in [-0.25, -0.2) is 4.68 Å². The number of aryl methyl sites for hydroxylation is 2. The molecule has 35 heavy (non-hydrogen) atoms. The van der Waals surface area contributed by atoms with E-state index < -0.39 is 17.7 Å². The molecule has 0 aliphatic heterocycles. The first-order valence-electron chi connectivity index (χ1n) is 10.8. The zero-order valence-electron chi connectivity index (χ0n) is 19.0. The van der Waals surface area contributed by atoms with Crippen molar-refractivity contribution >= 4 is 67.5 Å². The van der Waals surface area contributed by atoms with Crippen molar-refractivity contribution in [2.75, 3.05) is 16.1 Å². The Hall–Kier alpha value is -3.62. The largest absolute Gasteiger partial charge is 0.328 e.